The van der Waals surface area contributed by atoms with E-state index in [1.807, 2.05) is 19.9 Å². The minimum atomic E-state index is -0.498. The van der Waals surface area contributed by atoms with Gasteiger partial charge in [-0.25, -0.2) is 4.79 Å². The van der Waals surface area contributed by atoms with Crippen LogP contribution in [0.5, 0.6) is 0 Å². The van der Waals surface area contributed by atoms with Gasteiger partial charge in [0.05, 0.1) is 19.3 Å². The number of hydrogen-bond donors (Lipinski definition) is 0. The topological polar surface area (TPSA) is 44.8 Å². The average molecular weight is 256 g/mol. The molecule has 1 heterocycles. The molecule has 0 bridgehead atoms. The van der Waals surface area contributed by atoms with E-state index in [2.05, 4.69) is 6.92 Å². The van der Waals surface area contributed by atoms with Crippen molar-refractivity contribution in [3.8, 4) is 0 Å². The van der Waals surface area contributed by atoms with Crippen molar-refractivity contribution in [2.24, 2.45) is 5.92 Å². The molecule has 1 aliphatic rings. The zero-order valence-corrected chi connectivity index (χ0v) is 11.8. The van der Waals surface area contributed by atoms with Crippen molar-refractivity contribution < 1.29 is 19.0 Å². The minimum Gasteiger partial charge on any atom is -0.463 e. The lowest BCUT2D eigenvalue weighted by atomic mass is 9.97. The molecule has 104 valence electrons. The van der Waals surface area contributed by atoms with Crippen LogP contribution in [0.3, 0.4) is 0 Å². The quantitative estimate of drug-likeness (QED) is 0.560. The Bertz CT molecular complexity index is 296. The molecule has 18 heavy (non-hydrogen) atoms. The predicted octanol–water partition coefficient (Wildman–Crippen LogP) is 2.67. The summed E-state index contributed by atoms with van der Waals surface area (Å²) in [6.45, 7) is 8.92. The molecule has 0 spiro atoms. The molecule has 2 atom stereocenters. The average Bonchev–Trinajstić information content (AvgIpc) is 2.28. The normalized spacial score (nSPS) is 25.0. The third-order valence-electron chi connectivity index (χ3n) is 2.97. The highest BCUT2D eigenvalue weighted by atomic mass is 16.7. The van der Waals surface area contributed by atoms with Gasteiger partial charge in [0.1, 0.15) is 0 Å². The van der Waals surface area contributed by atoms with Crippen LogP contribution in [0.2, 0.25) is 0 Å². The summed E-state index contributed by atoms with van der Waals surface area (Å²) < 4.78 is 16.2. The van der Waals surface area contributed by atoms with E-state index in [9.17, 15) is 4.79 Å². The van der Waals surface area contributed by atoms with Gasteiger partial charge in [-0.3, -0.25) is 0 Å². The van der Waals surface area contributed by atoms with Crippen LogP contribution >= 0.6 is 0 Å². The number of ether oxygens (including phenoxy) is 3. The summed E-state index contributed by atoms with van der Waals surface area (Å²) >= 11 is 0. The van der Waals surface area contributed by atoms with E-state index in [1.54, 1.807) is 6.92 Å². The molecule has 0 N–H and O–H groups in total. The molecular formula is C14H24O4. The lowest BCUT2D eigenvalue weighted by Gasteiger charge is -2.38. The van der Waals surface area contributed by atoms with Gasteiger partial charge in [-0.05, 0) is 39.5 Å². The molecule has 0 aliphatic carbocycles. The largest absolute Gasteiger partial charge is 0.463 e. The van der Waals surface area contributed by atoms with Crippen molar-refractivity contribution in [2.75, 3.05) is 13.2 Å². The summed E-state index contributed by atoms with van der Waals surface area (Å²) in [6.07, 6.45) is 5.23. The van der Waals surface area contributed by atoms with Crippen molar-refractivity contribution in [1.29, 1.82) is 0 Å². The van der Waals surface area contributed by atoms with E-state index in [0.29, 0.717) is 12.5 Å². The molecule has 1 saturated heterocycles. The lowest BCUT2D eigenvalue weighted by molar-refractivity contribution is -0.281. The van der Waals surface area contributed by atoms with Crippen LogP contribution in [0.15, 0.2) is 12.2 Å². The van der Waals surface area contributed by atoms with Crippen LogP contribution in [0.25, 0.3) is 0 Å². The molecule has 0 saturated carbocycles. The molecule has 0 aromatic heterocycles. The maximum absolute atomic E-state index is 11.1. The van der Waals surface area contributed by atoms with Gasteiger partial charge < -0.3 is 14.2 Å². The van der Waals surface area contributed by atoms with E-state index in [1.165, 1.54) is 6.08 Å². The van der Waals surface area contributed by atoms with Gasteiger partial charge in [0.2, 0.25) is 0 Å². The fraction of sp³-hybridized carbons (Fsp3) is 0.786. The van der Waals surface area contributed by atoms with Gasteiger partial charge in [0.25, 0.3) is 0 Å². The second-order valence-corrected chi connectivity index (χ2v) is 5.06. The molecule has 4 heteroatoms. The molecule has 0 aromatic carbocycles. The van der Waals surface area contributed by atoms with Crippen LogP contribution in [0, 0.1) is 5.92 Å². The SMILES string of the molecule is CCOC(=O)/C=C/C[C@H](C)[C@H]1CCOC(C)(C)O1. The lowest BCUT2D eigenvalue weighted by Crippen LogP contribution is -2.42. The zero-order chi connectivity index (χ0) is 13.6. The molecular weight excluding hydrogens is 232 g/mol. The Balaban J connectivity index is 2.36. The summed E-state index contributed by atoms with van der Waals surface area (Å²) in [5.41, 5.74) is 0. The summed E-state index contributed by atoms with van der Waals surface area (Å²) in [5, 5.41) is 0. The number of allylic oxidation sites excluding steroid dienone is 1. The van der Waals surface area contributed by atoms with Gasteiger partial charge in [-0.1, -0.05) is 13.0 Å². The second-order valence-electron chi connectivity index (χ2n) is 5.06. The molecule has 1 rings (SSSR count). The van der Waals surface area contributed by atoms with Crippen LogP contribution in [-0.4, -0.2) is 31.1 Å². The van der Waals surface area contributed by atoms with E-state index in [-0.39, 0.29) is 12.1 Å². The summed E-state index contributed by atoms with van der Waals surface area (Å²) in [6, 6.07) is 0. The fourth-order valence-corrected chi connectivity index (χ4v) is 2.00. The molecule has 0 unspecified atom stereocenters. The van der Waals surface area contributed by atoms with E-state index in [0.717, 1.165) is 19.4 Å². The third-order valence-corrected chi connectivity index (χ3v) is 2.97. The molecule has 1 aliphatic heterocycles. The van der Waals surface area contributed by atoms with Crippen molar-refractivity contribution in [1.82, 2.24) is 0 Å². The minimum absolute atomic E-state index is 0.181. The van der Waals surface area contributed by atoms with Gasteiger partial charge in [-0.15, -0.1) is 0 Å². The van der Waals surface area contributed by atoms with Crippen LogP contribution in [0.4, 0.5) is 0 Å². The summed E-state index contributed by atoms with van der Waals surface area (Å²) in [5.74, 6) is -0.418. The maximum atomic E-state index is 11.1. The van der Waals surface area contributed by atoms with E-state index >= 15 is 0 Å². The Morgan fingerprint density at radius 1 is 1.56 bits per heavy atom. The molecule has 0 aromatic rings. The maximum Gasteiger partial charge on any atom is 0.330 e. The Labute approximate surface area is 109 Å². The Hall–Kier alpha value is -0.870. The number of rotatable bonds is 5. The highest BCUT2D eigenvalue weighted by Crippen LogP contribution is 2.27. The van der Waals surface area contributed by atoms with Crippen LogP contribution in [-0.2, 0) is 19.0 Å². The van der Waals surface area contributed by atoms with Gasteiger partial charge in [0, 0.05) is 6.08 Å². The van der Waals surface area contributed by atoms with Crippen molar-refractivity contribution in [2.45, 2.75) is 52.4 Å². The summed E-state index contributed by atoms with van der Waals surface area (Å²) in [7, 11) is 0. The monoisotopic (exact) mass is 256 g/mol. The Kier molecular flexibility index (Phi) is 5.82. The van der Waals surface area contributed by atoms with Crippen molar-refractivity contribution in [3.05, 3.63) is 12.2 Å². The first-order chi connectivity index (χ1) is 8.44. The second kappa shape index (κ2) is 6.90. The van der Waals surface area contributed by atoms with Gasteiger partial charge >= 0.3 is 5.97 Å². The smallest absolute Gasteiger partial charge is 0.330 e. The summed E-state index contributed by atoms with van der Waals surface area (Å²) in [4.78, 5) is 11.1. The number of esters is 1. The first kappa shape index (κ1) is 15.2. The number of carbonyl (C=O) groups excluding carboxylic acids is 1. The Morgan fingerprint density at radius 2 is 2.28 bits per heavy atom. The Morgan fingerprint density at radius 3 is 2.89 bits per heavy atom. The zero-order valence-electron chi connectivity index (χ0n) is 11.8. The highest BCUT2D eigenvalue weighted by molar-refractivity contribution is 5.81. The van der Waals surface area contributed by atoms with Crippen molar-refractivity contribution >= 4 is 5.97 Å². The molecule has 0 amide bonds. The van der Waals surface area contributed by atoms with Crippen LogP contribution in [0.1, 0.15) is 40.5 Å². The standard InChI is InChI=1S/C14H24O4/c1-5-16-13(15)8-6-7-11(2)12-9-10-17-14(3,4)18-12/h6,8,11-12H,5,7,9-10H2,1-4H3/b8-6+/t11-,12+/m0/s1. The highest BCUT2D eigenvalue weighted by Gasteiger charge is 2.31. The predicted molar refractivity (Wildman–Crippen MR) is 69.1 cm³/mol. The number of hydrogen-bond acceptors (Lipinski definition) is 4. The van der Waals surface area contributed by atoms with E-state index < -0.39 is 5.79 Å². The molecule has 0 radical (unpaired) electrons. The molecule has 4 nitrogen and oxygen atoms in total. The first-order valence-electron chi connectivity index (χ1n) is 6.59. The van der Waals surface area contributed by atoms with Crippen molar-refractivity contribution in [3.63, 3.8) is 0 Å². The van der Waals surface area contributed by atoms with Gasteiger partial charge in [0.15, 0.2) is 5.79 Å². The van der Waals surface area contributed by atoms with E-state index in [4.69, 9.17) is 14.2 Å². The van der Waals surface area contributed by atoms with Gasteiger partial charge in [-0.2, -0.15) is 0 Å². The molecule has 1 fully saturated rings. The number of carbonyl (C=O) groups is 1. The fourth-order valence-electron chi connectivity index (χ4n) is 2.00. The third kappa shape index (κ3) is 5.19. The first-order valence-corrected chi connectivity index (χ1v) is 6.59. The van der Waals surface area contributed by atoms with Crippen LogP contribution < -0.4 is 0 Å².